The monoisotopic (exact) mass is 191 g/mol. The van der Waals surface area contributed by atoms with Crippen LogP contribution in [-0.2, 0) is 0 Å². The summed E-state index contributed by atoms with van der Waals surface area (Å²) >= 11 is 0. The summed E-state index contributed by atoms with van der Waals surface area (Å²) in [6.45, 7) is 2.04. The topological polar surface area (TPSA) is 43.7 Å². The molecule has 1 aliphatic rings. The molecule has 0 atom stereocenters. The van der Waals surface area contributed by atoms with Crippen LogP contribution < -0.4 is 10.4 Å². The Morgan fingerprint density at radius 2 is 1.71 bits per heavy atom. The van der Waals surface area contributed by atoms with Gasteiger partial charge in [-0.25, -0.2) is 0 Å². The zero-order valence-corrected chi connectivity index (χ0v) is 8.06. The van der Waals surface area contributed by atoms with Crippen LogP contribution in [0.5, 0.6) is 0 Å². The van der Waals surface area contributed by atoms with Gasteiger partial charge in [0.2, 0.25) is 0 Å². The third-order valence-corrected chi connectivity index (χ3v) is 2.66. The largest absolute Gasteiger partial charge is 0.490 e. The van der Waals surface area contributed by atoms with E-state index in [2.05, 4.69) is 4.90 Å². The van der Waals surface area contributed by atoms with Gasteiger partial charge in [0.25, 0.3) is 0 Å². The van der Waals surface area contributed by atoms with E-state index in [1.54, 1.807) is 6.07 Å². The summed E-state index contributed by atoms with van der Waals surface area (Å²) in [5.74, 6) is 0. The average Bonchev–Trinajstić information content (AvgIpc) is 2.70. The van der Waals surface area contributed by atoms with Crippen LogP contribution in [0.25, 0.3) is 0 Å². The smallest absolute Gasteiger partial charge is 0.423 e. The molecule has 0 amide bonds. The molecule has 74 valence electrons. The van der Waals surface area contributed by atoms with Crippen molar-refractivity contribution in [3.63, 3.8) is 0 Å². The van der Waals surface area contributed by atoms with Gasteiger partial charge in [-0.1, -0.05) is 18.2 Å². The minimum atomic E-state index is -1.37. The second-order valence-corrected chi connectivity index (χ2v) is 3.63. The van der Waals surface area contributed by atoms with Gasteiger partial charge in [-0.3, -0.25) is 0 Å². The van der Waals surface area contributed by atoms with E-state index in [0.717, 1.165) is 18.8 Å². The molecular weight excluding hydrogens is 177 g/mol. The van der Waals surface area contributed by atoms with Gasteiger partial charge in [-0.05, 0) is 18.9 Å². The molecular formula is C10H14BNO2. The lowest BCUT2D eigenvalue weighted by Gasteiger charge is -2.20. The Morgan fingerprint density at radius 1 is 1.07 bits per heavy atom. The zero-order valence-electron chi connectivity index (χ0n) is 8.06. The van der Waals surface area contributed by atoms with Crippen molar-refractivity contribution in [3.8, 4) is 0 Å². The molecule has 0 unspecified atom stereocenters. The predicted molar refractivity (Wildman–Crippen MR) is 57.7 cm³/mol. The molecule has 0 aliphatic carbocycles. The highest BCUT2D eigenvalue weighted by atomic mass is 16.4. The van der Waals surface area contributed by atoms with E-state index in [9.17, 15) is 10.0 Å². The molecule has 1 aromatic rings. The molecule has 2 N–H and O–H groups in total. The van der Waals surface area contributed by atoms with E-state index in [1.165, 1.54) is 12.8 Å². The maximum Gasteiger partial charge on any atom is 0.490 e. The molecule has 1 saturated heterocycles. The molecule has 0 bridgehead atoms. The molecule has 0 spiro atoms. The quantitative estimate of drug-likeness (QED) is 0.645. The highest BCUT2D eigenvalue weighted by Crippen LogP contribution is 2.17. The molecule has 14 heavy (non-hydrogen) atoms. The minimum absolute atomic E-state index is 0.606. The molecule has 4 heteroatoms. The van der Waals surface area contributed by atoms with Crippen LogP contribution in [0.4, 0.5) is 5.69 Å². The lowest BCUT2D eigenvalue weighted by molar-refractivity contribution is 0.426. The van der Waals surface area contributed by atoms with Gasteiger partial charge < -0.3 is 14.9 Å². The van der Waals surface area contributed by atoms with Crippen molar-refractivity contribution in [2.75, 3.05) is 18.0 Å². The number of benzene rings is 1. The first-order valence-corrected chi connectivity index (χ1v) is 4.99. The highest BCUT2D eigenvalue weighted by Gasteiger charge is 2.20. The first-order chi connectivity index (χ1) is 6.79. The number of para-hydroxylation sites is 1. The summed E-state index contributed by atoms with van der Waals surface area (Å²) in [4.78, 5) is 2.20. The van der Waals surface area contributed by atoms with Crippen LogP contribution in [-0.4, -0.2) is 30.3 Å². The van der Waals surface area contributed by atoms with E-state index in [0.29, 0.717) is 5.46 Å². The second-order valence-electron chi connectivity index (χ2n) is 3.63. The van der Waals surface area contributed by atoms with Crippen molar-refractivity contribution in [1.29, 1.82) is 0 Å². The molecule has 1 heterocycles. The van der Waals surface area contributed by atoms with Crippen molar-refractivity contribution in [2.24, 2.45) is 0 Å². The Hall–Kier alpha value is -0.995. The van der Waals surface area contributed by atoms with Crippen LogP contribution in [0.15, 0.2) is 24.3 Å². The third kappa shape index (κ3) is 1.76. The van der Waals surface area contributed by atoms with E-state index in [-0.39, 0.29) is 0 Å². The number of rotatable bonds is 2. The molecule has 1 aromatic carbocycles. The lowest BCUT2D eigenvalue weighted by Crippen LogP contribution is -2.36. The molecule has 0 aromatic heterocycles. The van der Waals surface area contributed by atoms with Gasteiger partial charge in [0, 0.05) is 24.2 Å². The summed E-state index contributed by atoms with van der Waals surface area (Å²) in [6, 6.07) is 7.46. The Morgan fingerprint density at radius 3 is 2.36 bits per heavy atom. The SMILES string of the molecule is OB(O)c1ccccc1N1CCCC1. The third-order valence-electron chi connectivity index (χ3n) is 2.66. The Labute approximate surface area is 84.1 Å². The standard InChI is InChI=1S/C10H14BNO2/c13-11(14)9-5-1-2-6-10(9)12-7-3-4-8-12/h1-2,5-6,13-14H,3-4,7-8H2. The number of anilines is 1. The van der Waals surface area contributed by atoms with Crippen LogP contribution in [0.2, 0.25) is 0 Å². The van der Waals surface area contributed by atoms with Gasteiger partial charge in [0.1, 0.15) is 0 Å². The van der Waals surface area contributed by atoms with Crippen molar-refractivity contribution < 1.29 is 10.0 Å². The Balaban J connectivity index is 2.30. The Bertz CT molecular complexity index is 311. The molecule has 1 fully saturated rings. The molecule has 0 saturated carbocycles. The summed E-state index contributed by atoms with van der Waals surface area (Å²) in [7, 11) is -1.37. The predicted octanol–water partition coefficient (Wildman–Crippen LogP) is -0.0334. The summed E-state index contributed by atoms with van der Waals surface area (Å²) in [5.41, 5.74) is 1.56. The number of hydrogen-bond acceptors (Lipinski definition) is 3. The van der Waals surface area contributed by atoms with Gasteiger partial charge in [0.05, 0.1) is 0 Å². The van der Waals surface area contributed by atoms with Crippen molar-refractivity contribution >= 4 is 18.3 Å². The fourth-order valence-electron chi connectivity index (χ4n) is 1.95. The Kier molecular flexibility index (Phi) is 2.75. The number of nitrogens with zero attached hydrogens (tertiary/aromatic N) is 1. The van der Waals surface area contributed by atoms with E-state index in [4.69, 9.17) is 0 Å². The molecule has 2 rings (SSSR count). The van der Waals surface area contributed by atoms with Crippen molar-refractivity contribution in [2.45, 2.75) is 12.8 Å². The van der Waals surface area contributed by atoms with Crippen LogP contribution in [0.1, 0.15) is 12.8 Å². The fraction of sp³-hybridized carbons (Fsp3) is 0.400. The first-order valence-electron chi connectivity index (χ1n) is 4.99. The molecule has 1 aliphatic heterocycles. The maximum atomic E-state index is 9.19. The van der Waals surface area contributed by atoms with Gasteiger partial charge in [0.15, 0.2) is 0 Å². The van der Waals surface area contributed by atoms with Gasteiger partial charge in [-0.2, -0.15) is 0 Å². The molecule has 3 nitrogen and oxygen atoms in total. The highest BCUT2D eigenvalue weighted by molar-refractivity contribution is 6.60. The first kappa shape index (κ1) is 9.56. The van der Waals surface area contributed by atoms with E-state index < -0.39 is 7.12 Å². The number of hydrogen-bond donors (Lipinski definition) is 2. The second kappa shape index (κ2) is 4.03. The fourth-order valence-corrected chi connectivity index (χ4v) is 1.95. The van der Waals surface area contributed by atoms with E-state index >= 15 is 0 Å². The van der Waals surface area contributed by atoms with Crippen LogP contribution >= 0.6 is 0 Å². The summed E-state index contributed by atoms with van der Waals surface area (Å²) < 4.78 is 0. The summed E-state index contributed by atoms with van der Waals surface area (Å²) in [6.07, 6.45) is 2.38. The summed E-state index contributed by atoms with van der Waals surface area (Å²) in [5, 5.41) is 18.4. The van der Waals surface area contributed by atoms with Crippen molar-refractivity contribution in [3.05, 3.63) is 24.3 Å². The zero-order chi connectivity index (χ0) is 9.97. The maximum absolute atomic E-state index is 9.19. The lowest BCUT2D eigenvalue weighted by atomic mass is 9.79. The molecule has 0 radical (unpaired) electrons. The van der Waals surface area contributed by atoms with Gasteiger partial charge in [-0.15, -0.1) is 0 Å². The normalized spacial score (nSPS) is 16.0. The van der Waals surface area contributed by atoms with Gasteiger partial charge >= 0.3 is 7.12 Å². The minimum Gasteiger partial charge on any atom is -0.423 e. The van der Waals surface area contributed by atoms with Crippen LogP contribution in [0.3, 0.4) is 0 Å². The van der Waals surface area contributed by atoms with Crippen LogP contribution in [0, 0.1) is 0 Å². The van der Waals surface area contributed by atoms with E-state index in [1.807, 2.05) is 18.2 Å². The average molecular weight is 191 g/mol. The van der Waals surface area contributed by atoms with Crippen molar-refractivity contribution in [1.82, 2.24) is 0 Å².